The summed E-state index contributed by atoms with van der Waals surface area (Å²) in [6.45, 7) is 2.12. The molecule has 0 aromatic carbocycles. The molecule has 1 heterocycles. The Balaban J connectivity index is 1.84. The highest BCUT2D eigenvalue weighted by atomic mass is 16.5. The Labute approximate surface area is 74.7 Å². The highest BCUT2D eigenvalue weighted by molar-refractivity contribution is 4.89. The van der Waals surface area contributed by atoms with E-state index in [1.165, 1.54) is 32.2 Å². The van der Waals surface area contributed by atoms with Gasteiger partial charge in [0.2, 0.25) is 0 Å². The zero-order chi connectivity index (χ0) is 8.39. The van der Waals surface area contributed by atoms with Crippen LogP contribution in [0, 0.1) is 11.8 Å². The van der Waals surface area contributed by atoms with Gasteiger partial charge >= 0.3 is 0 Å². The van der Waals surface area contributed by atoms with Crippen molar-refractivity contribution in [3.05, 3.63) is 0 Å². The molecule has 1 N–H and O–H groups in total. The van der Waals surface area contributed by atoms with E-state index in [9.17, 15) is 0 Å². The Morgan fingerprint density at radius 1 is 1.42 bits per heavy atom. The summed E-state index contributed by atoms with van der Waals surface area (Å²) in [5.74, 6) is 1.73. The summed E-state index contributed by atoms with van der Waals surface area (Å²) < 4.78 is 5.19. The van der Waals surface area contributed by atoms with Crippen LogP contribution in [0.5, 0.6) is 0 Å². The molecule has 0 amide bonds. The smallest absolute Gasteiger partial charge is 0.0502 e. The molecule has 3 atom stereocenters. The lowest BCUT2D eigenvalue weighted by molar-refractivity contribution is 0.113. The molecule has 12 heavy (non-hydrogen) atoms. The van der Waals surface area contributed by atoms with Gasteiger partial charge in [-0.15, -0.1) is 0 Å². The molecule has 0 aromatic heterocycles. The standard InChI is InChI=1S/C10H19NO/c1-12-7-8-5-9-3-2-4-10(9)11-6-8/h8-11H,2-7H2,1H3. The summed E-state index contributed by atoms with van der Waals surface area (Å²) in [7, 11) is 1.81. The first-order chi connectivity index (χ1) is 5.90. The molecule has 1 aliphatic carbocycles. The van der Waals surface area contributed by atoms with Gasteiger partial charge in [-0.05, 0) is 31.1 Å². The van der Waals surface area contributed by atoms with Crippen molar-refractivity contribution in [1.29, 1.82) is 0 Å². The second-order valence-electron chi connectivity index (χ2n) is 4.26. The average Bonchev–Trinajstić information content (AvgIpc) is 2.51. The Morgan fingerprint density at radius 2 is 2.33 bits per heavy atom. The Morgan fingerprint density at radius 3 is 3.17 bits per heavy atom. The van der Waals surface area contributed by atoms with Gasteiger partial charge in [-0.1, -0.05) is 6.42 Å². The lowest BCUT2D eigenvalue weighted by atomic mass is 9.87. The Kier molecular flexibility index (Phi) is 2.66. The fourth-order valence-electron chi connectivity index (χ4n) is 2.78. The lowest BCUT2D eigenvalue weighted by Gasteiger charge is -2.32. The molecule has 1 saturated carbocycles. The third-order valence-corrected chi connectivity index (χ3v) is 3.37. The molecule has 0 aromatic rings. The third-order valence-electron chi connectivity index (χ3n) is 3.37. The summed E-state index contributed by atoms with van der Waals surface area (Å²) in [4.78, 5) is 0. The largest absolute Gasteiger partial charge is 0.384 e. The minimum absolute atomic E-state index is 0.773. The molecular formula is C10H19NO. The first kappa shape index (κ1) is 8.52. The van der Waals surface area contributed by atoms with E-state index in [0.717, 1.165) is 24.5 Å². The molecular weight excluding hydrogens is 150 g/mol. The van der Waals surface area contributed by atoms with E-state index in [4.69, 9.17) is 4.74 Å². The van der Waals surface area contributed by atoms with Gasteiger partial charge in [0.1, 0.15) is 0 Å². The van der Waals surface area contributed by atoms with E-state index in [1.54, 1.807) is 7.11 Å². The predicted octanol–water partition coefficient (Wildman–Crippen LogP) is 1.41. The highest BCUT2D eigenvalue weighted by Gasteiger charge is 2.33. The maximum absolute atomic E-state index is 5.19. The number of nitrogens with one attached hydrogen (secondary N) is 1. The van der Waals surface area contributed by atoms with Crippen molar-refractivity contribution in [2.75, 3.05) is 20.3 Å². The van der Waals surface area contributed by atoms with Crippen molar-refractivity contribution >= 4 is 0 Å². The van der Waals surface area contributed by atoms with E-state index in [1.807, 2.05) is 0 Å². The second-order valence-corrected chi connectivity index (χ2v) is 4.26. The molecule has 3 unspecified atom stereocenters. The number of methoxy groups -OCH3 is 1. The molecule has 2 aliphatic rings. The normalized spacial score (nSPS) is 41.2. The van der Waals surface area contributed by atoms with Gasteiger partial charge in [-0.25, -0.2) is 0 Å². The van der Waals surface area contributed by atoms with Crippen LogP contribution in [-0.2, 0) is 4.74 Å². The average molecular weight is 169 g/mol. The number of hydrogen-bond acceptors (Lipinski definition) is 2. The monoisotopic (exact) mass is 169 g/mol. The van der Waals surface area contributed by atoms with Crippen LogP contribution in [0.15, 0.2) is 0 Å². The van der Waals surface area contributed by atoms with Crippen molar-refractivity contribution in [2.45, 2.75) is 31.7 Å². The summed E-state index contributed by atoms with van der Waals surface area (Å²) >= 11 is 0. The Hall–Kier alpha value is -0.0800. The third kappa shape index (κ3) is 1.64. The molecule has 1 saturated heterocycles. The molecule has 2 heteroatoms. The van der Waals surface area contributed by atoms with Gasteiger partial charge in [0.05, 0.1) is 6.61 Å². The number of hydrogen-bond donors (Lipinski definition) is 1. The maximum atomic E-state index is 5.19. The fraction of sp³-hybridized carbons (Fsp3) is 1.00. The van der Waals surface area contributed by atoms with Crippen LogP contribution < -0.4 is 5.32 Å². The minimum atomic E-state index is 0.773. The first-order valence-corrected chi connectivity index (χ1v) is 5.12. The summed E-state index contributed by atoms with van der Waals surface area (Å²) in [6.07, 6.45) is 5.68. The van der Waals surface area contributed by atoms with Gasteiger partial charge in [-0.3, -0.25) is 0 Å². The highest BCUT2D eigenvalue weighted by Crippen LogP contribution is 2.33. The van der Waals surface area contributed by atoms with Gasteiger partial charge in [0, 0.05) is 19.7 Å². The van der Waals surface area contributed by atoms with Crippen LogP contribution in [0.1, 0.15) is 25.7 Å². The molecule has 2 fully saturated rings. The fourth-order valence-corrected chi connectivity index (χ4v) is 2.78. The number of rotatable bonds is 2. The maximum Gasteiger partial charge on any atom is 0.0502 e. The van der Waals surface area contributed by atoms with Gasteiger partial charge in [0.25, 0.3) is 0 Å². The molecule has 2 rings (SSSR count). The van der Waals surface area contributed by atoms with Crippen molar-refractivity contribution in [3.8, 4) is 0 Å². The summed E-state index contributed by atoms with van der Waals surface area (Å²) in [6, 6.07) is 0.845. The molecule has 0 spiro atoms. The topological polar surface area (TPSA) is 21.3 Å². The van der Waals surface area contributed by atoms with Crippen LogP contribution in [0.3, 0.4) is 0 Å². The number of ether oxygens (including phenoxy) is 1. The molecule has 2 nitrogen and oxygen atoms in total. The van der Waals surface area contributed by atoms with Crippen molar-refractivity contribution in [1.82, 2.24) is 5.32 Å². The number of fused-ring (bicyclic) bond motifs is 1. The first-order valence-electron chi connectivity index (χ1n) is 5.12. The van der Waals surface area contributed by atoms with Gasteiger partial charge < -0.3 is 10.1 Å². The van der Waals surface area contributed by atoms with E-state index in [2.05, 4.69) is 5.32 Å². The molecule has 70 valence electrons. The van der Waals surface area contributed by atoms with Crippen LogP contribution in [-0.4, -0.2) is 26.3 Å². The minimum Gasteiger partial charge on any atom is -0.384 e. The zero-order valence-electron chi connectivity index (χ0n) is 7.88. The van der Waals surface area contributed by atoms with E-state index in [0.29, 0.717) is 0 Å². The van der Waals surface area contributed by atoms with Gasteiger partial charge in [-0.2, -0.15) is 0 Å². The number of piperidine rings is 1. The summed E-state index contributed by atoms with van der Waals surface area (Å²) in [5.41, 5.74) is 0. The lowest BCUT2D eigenvalue weighted by Crippen LogP contribution is -2.43. The van der Waals surface area contributed by atoms with Crippen molar-refractivity contribution in [2.24, 2.45) is 11.8 Å². The van der Waals surface area contributed by atoms with Crippen molar-refractivity contribution in [3.63, 3.8) is 0 Å². The molecule has 1 aliphatic heterocycles. The van der Waals surface area contributed by atoms with Gasteiger partial charge in [0.15, 0.2) is 0 Å². The van der Waals surface area contributed by atoms with E-state index < -0.39 is 0 Å². The Bertz CT molecular complexity index is 149. The summed E-state index contributed by atoms with van der Waals surface area (Å²) in [5, 5.41) is 3.64. The van der Waals surface area contributed by atoms with Crippen molar-refractivity contribution < 1.29 is 4.74 Å². The molecule has 0 bridgehead atoms. The second kappa shape index (κ2) is 3.75. The SMILES string of the molecule is COCC1CNC2CCCC2C1. The van der Waals surface area contributed by atoms with Crippen LogP contribution >= 0.6 is 0 Å². The van der Waals surface area contributed by atoms with Crippen LogP contribution in [0.2, 0.25) is 0 Å². The van der Waals surface area contributed by atoms with Crippen LogP contribution in [0.4, 0.5) is 0 Å². The predicted molar refractivity (Wildman–Crippen MR) is 49.1 cm³/mol. The molecule has 0 radical (unpaired) electrons. The quantitative estimate of drug-likeness (QED) is 0.675. The van der Waals surface area contributed by atoms with E-state index >= 15 is 0 Å². The van der Waals surface area contributed by atoms with E-state index in [-0.39, 0.29) is 0 Å². The van der Waals surface area contributed by atoms with Crippen LogP contribution in [0.25, 0.3) is 0 Å². The zero-order valence-corrected chi connectivity index (χ0v) is 7.88.